The first-order valence-electron chi connectivity index (χ1n) is 11.8. The summed E-state index contributed by atoms with van der Waals surface area (Å²) < 4.78 is 5.99. The Morgan fingerprint density at radius 2 is 1.97 bits per heavy atom. The zero-order valence-electron chi connectivity index (χ0n) is 20.3. The third kappa shape index (κ3) is 6.42. The van der Waals surface area contributed by atoms with E-state index in [9.17, 15) is 9.59 Å². The number of esters is 1. The molecule has 1 amide bonds. The Balaban J connectivity index is 1.37. The van der Waals surface area contributed by atoms with Gasteiger partial charge in [0.25, 0.3) is 0 Å². The molecule has 186 valence electrons. The van der Waals surface area contributed by atoms with Gasteiger partial charge >= 0.3 is 5.97 Å². The van der Waals surface area contributed by atoms with Crippen molar-refractivity contribution in [2.45, 2.75) is 57.2 Å². The molecule has 1 atom stereocenters. The maximum Gasteiger partial charge on any atom is 0.341 e. The second kappa shape index (κ2) is 11.5. The number of benzene rings is 1. The summed E-state index contributed by atoms with van der Waals surface area (Å²) in [5.74, 6) is 0.698. The number of thiophene rings is 1. The van der Waals surface area contributed by atoms with E-state index in [0.29, 0.717) is 38.5 Å². The fraction of sp³-hybridized carbons (Fsp3) is 0.440. The van der Waals surface area contributed by atoms with Crippen LogP contribution in [-0.4, -0.2) is 34.4 Å². The molecule has 0 radical (unpaired) electrons. The molecule has 10 heteroatoms. The first kappa shape index (κ1) is 25.7. The van der Waals surface area contributed by atoms with E-state index in [2.05, 4.69) is 53.7 Å². The number of nitrogens with one attached hydrogen (secondary N) is 2. The van der Waals surface area contributed by atoms with Gasteiger partial charge in [0.15, 0.2) is 4.34 Å². The number of nitrogens with zero attached hydrogens (tertiary/aromatic N) is 2. The molecule has 0 saturated carbocycles. The SMILES string of the molecule is CCOC(=O)c1c(NC(=O)CSc2nnc(Nc3ccc(C(C)C)cc3)s2)sc2c1CCC(C)C2. The Morgan fingerprint density at radius 3 is 2.69 bits per heavy atom. The molecule has 0 fully saturated rings. The number of hydrogen-bond acceptors (Lipinski definition) is 9. The van der Waals surface area contributed by atoms with Crippen LogP contribution >= 0.6 is 34.4 Å². The van der Waals surface area contributed by atoms with Gasteiger partial charge in [-0.1, -0.05) is 56.0 Å². The first-order valence-corrected chi connectivity index (χ1v) is 14.4. The van der Waals surface area contributed by atoms with Crippen LogP contribution in [0, 0.1) is 5.92 Å². The Kier molecular flexibility index (Phi) is 8.46. The van der Waals surface area contributed by atoms with Crippen molar-refractivity contribution in [1.29, 1.82) is 0 Å². The van der Waals surface area contributed by atoms with Gasteiger partial charge in [0, 0.05) is 10.6 Å². The van der Waals surface area contributed by atoms with Crippen LogP contribution < -0.4 is 10.6 Å². The van der Waals surface area contributed by atoms with Crippen molar-refractivity contribution in [3.8, 4) is 0 Å². The van der Waals surface area contributed by atoms with Crippen molar-refractivity contribution in [2.24, 2.45) is 5.92 Å². The number of anilines is 3. The van der Waals surface area contributed by atoms with E-state index in [0.717, 1.165) is 30.5 Å². The van der Waals surface area contributed by atoms with Crippen molar-refractivity contribution < 1.29 is 14.3 Å². The van der Waals surface area contributed by atoms with Crippen molar-refractivity contribution in [3.63, 3.8) is 0 Å². The number of carbonyl (C=O) groups excluding carboxylic acids is 2. The van der Waals surface area contributed by atoms with E-state index in [-0.39, 0.29) is 17.6 Å². The van der Waals surface area contributed by atoms with Crippen LogP contribution in [0.5, 0.6) is 0 Å². The van der Waals surface area contributed by atoms with Crippen LogP contribution in [-0.2, 0) is 22.4 Å². The predicted molar refractivity (Wildman–Crippen MR) is 145 cm³/mol. The maximum absolute atomic E-state index is 12.7. The van der Waals surface area contributed by atoms with Gasteiger partial charge in [-0.05, 0) is 61.3 Å². The lowest BCUT2D eigenvalue weighted by Gasteiger charge is -2.18. The molecule has 2 N–H and O–H groups in total. The summed E-state index contributed by atoms with van der Waals surface area (Å²) >= 11 is 4.23. The number of fused-ring (bicyclic) bond motifs is 1. The molecule has 0 bridgehead atoms. The number of hydrogen-bond donors (Lipinski definition) is 2. The van der Waals surface area contributed by atoms with Gasteiger partial charge in [0.2, 0.25) is 11.0 Å². The van der Waals surface area contributed by atoms with Crippen molar-refractivity contribution in [2.75, 3.05) is 23.0 Å². The lowest BCUT2D eigenvalue weighted by Crippen LogP contribution is -2.17. The van der Waals surface area contributed by atoms with Crippen LogP contribution in [0.25, 0.3) is 0 Å². The number of ether oxygens (including phenoxy) is 1. The zero-order valence-corrected chi connectivity index (χ0v) is 22.8. The summed E-state index contributed by atoms with van der Waals surface area (Å²) in [6, 6.07) is 8.25. The minimum absolute atomic E-state index is 0.179. The standard InChI is InChI=1S/C25H30N4O3S3/c1-5-32-23(31)21-18-11-6-15(4)12-19(18)34-22(21)27-20(30)13-33-25-29-28-24(35-25)26-17-9-7-16(8-10-17)14(2)3/h7-10,14-15H,5-6,11-13H2,1-4H3,(H,26,28)(H,27,30). The second-order valence-electron chi connectivity index (χ2n) is 8.89. The topological polar surface area (TPSA) is 93.2 Å². The highest BCUT2D eigenvalue weighted by Gasteiger charge is 2.29. The monoisotopic (exact) mass is 530 g/mol. The Bertz CT molecular complexity index is 1190. The van der Waals surface area contributed by atoms with Crippen LogP contribution in [0.2, 0.25) is 0 Å². The van der Waals surface area contributed by atoms with Gasteiger partial charge in [-0.25, -0.2) is 4.79 Å². The molecule has 3 aromatic rings. The van der Waals surface area contributed by atoms with E-state index in [1.165, 1.54) is 44.9 Å². The van der Waals surface area contributed by atoms with Gasteiger partial charge in [-0.15, -0.1) is 21.5 Å². The Hall–Kier alpha value is -2.43. The zero-order chi connectivity index (χ0) is 24.9. The first-order chi connectivity index (χ1) is 16.8. The molecule has 7 nitrogen and oxygen atoms in total. The van der Waals surface area contributed by atoms with Crippen LogP contribution in [0.4, 0.5) is 15.8 Å². The van der Waals surface area contributed by atoms with Crippen molar-refractivity contribution in [3.05, 3.63) is 45.8 Å². The molecular formula is C25H30N4O3S3. The third-order valence-electron chi connectivity index (χ3n) is 5.81. The maximum atomic E-state index is 12.7. The summed E-state index contributed by atoms with van der Waals surface area (Å²) in [4.78, 5) is 26.6. The Morgan fingerprint density at radius 1 is 1.20 bits per heavy atom. The highest BCUT2D eigenvalue weighted by atomic mass is 32.2. The van der Waals surface area contributed by atoms with E-state index in [4.69, 9.17) is 4.74 Å². The van der Waals surface area contributed by atoms with E-state index >= 15 is 0 Å². The summed E-state index contributed by atoms with van der Waals surface area (Å²) in [6.45, 7) is 8.64. The molecule has 1 unspecified atom stereocenters. The summed E-state index contributed by atoms with van der Waals surface area (Å²) in [6.07, 6.45) is 2.80. The number of carbonyl (C=O) groups is 2. The smallest absolute Gasteiger partial charge is 0.341 e. The number of amides is 1. The highest BCUT2D eigenvalue weighted by molar-refractivity contribution is 8.01. The van der Waals surface area contributed by atoms with Gasteiger partial charge in [-0.3, -0.25) is 4.79 Å². The van der Waals surface area contributed by atoms with E-state index in [1.807, 2.05) is 12.1 Å². The molecule has 0 spiro atoms. The molecule has 0 saturated heterocycles. The molecule has 35 heavy (non-hydrogen) atoms. The van der Waals surface area contributed by atoms with Crippen molar-refractivity contribution >= 4 is 62.1 Å². The van der Waals surface area contributed by atoms with Crippen LogP contribution in [0.1, 0.15) is 66.4 Å². The molecule has 4 rings (SSSR count). The molecular weight excluding hydrogens is 501 g/mol. The van der Waals surface area contributed by atoms with E-state index in [1.54, 1.807) is 6.92 Å². The third-order valence-corrected chi connectivity index (χ3v) is 8.95. The quantitative estimate of drug-likeness (QED) is 0.241. The van der Waals surface area contributed by atoms with Crippen LogP contribution in [0.15, 0.2) is 28.6 Å². The second-order valence-corrected chi connectivity index (χ2v) is 12.2. The lowest BCUT2D eigenvalue weighted by atomic mass is 9.88. The van der Waals surface area contributed by atoms with Gasteiger partial charge in [0.05, 0.1) is 17.9 Å². The van der Waals surface area contributed by atoms with Crippen LogP contribution in [0.3, 0.4) is 0 Å². The molecule has 2 heterocycles. The minimum Gasteiger partial charge on any atom is -0.462 e. The Labute approximate surface area is 218 Å². The normalized spacial score (nSPS) is 15.1. The molecule has 1 aliphatic rings. The van der Waals surface area contributed by atoms with Gasteiger partial charge in [-0.2, -0.15) is 0 Å². The summed E-state index contributed by atoms with van der Waals surface area (Å²) in [7, 11) is 0. The average Bonchev–Trinajstić information content (AvgIpc) is 3.41. The van der Waals surface area contributed by atoms with Gasteiger partial charge in [0.1, 0.15) is 5.00 Å². The summed E-state index contributed by atoms with van der Waals surface area (Å²) in [5.41, 5.74) is 3.79. The predicted octanol–water partition coefficient (Wildman–Crippen LogP) is 6.50. The molecule has 1 aliphatic carbocycles. The summed E-state index contributed by atoms with van der Waals surface area (Å²) in [5, 5.41) is 15.9. The average molecular weight is 531 g/mol. The van der Waals surface area contributed by atoms with Crippen molar-refractivity contribution in [1.82, 2.24) is 10.2 Å². The number of rotatable bonds is 9. The molecule has 0 aliphatic heterocycles. The number of aromatic nitrogens is 2. The number of thioether (sulfide) groups is 1. The fourth-order valence-electron chi connectivity index (χ4n) is 3.94. The highest BCUT2D eigenvalue weighted by Crippen LogP contribution is 2.40. The molecule has 2 aromatic heterocycles. The largest absolute Gasteiger partial charge is 0.462 e. The van der Waals surface area contributed by atoms with E-state index < -0.39 is 0 Å². The fourth-order valence-corrected chi connectivity index (χ4v) is 6.93. The lowest BCUT2D eigenvalue weighted by molar-refractivity contribution is -0.113. The minimum atomic E-state index is -0.358. The van der Waals surface area contributed by atoms with Gasteiger partial charge < -0.3 is 15.4 Å². The molecule has 1 aromatic carbocycles.